The number of aliphatic hydroxyl groups excluding tert-OH is 9. The zero-order valence-electron chi connectivity index (χ0n) is 43.1. The molecule has 4 saturated heterocycles. The van der Waals surface area contributed by atoms with Crippen molar-refractivity contribution in [2.45, 2.75) is 195 Å². The Bertz CT molecular complexity index is 1950. The van der Waals surface area contributed by atoms with Gasteiger partial charge in [0, 0.05) is 39.4 Å². The zero-order valence-corrected chi connectivity index (χ0v) is 43.1. The summed E-state index contributed by atoms with van der Waals surface area (Å²) in [5.74, 6) is -3.16. The van der Waals surface area contributed by atoms with Crippen LogP contribution in [0.1, 0.15) is 89.4 Å². The van der Waals surface area contributed by atoms with Crippen molar-refractivity contribution < 1.29 is 103 Å². The number of aliphatic hydroxyl groups is 9. The second kappa shape index (κ2) is 30.2. The summed E-state index contributed by atoms with van der Waals surface area (Å²) >= 11 is 0. The number of benzene rings is 1. The van der Waals surface area contributed by atoms with Gasteiger partial charge in [0.2, 0.25) is 17.7 Å². The van der Waals surface area contributed by atoms with Crippen molar-refractivity contribution in [3.8, 4) is 5.75 Å². The van der Waals surface area contributed by atoms with E-state index in [1.807, 2.05) is 0 Å². The molecule has 4 aliphatic rings. The number of amides is 4. The summed E-state index contributed by atoms with van der Waals surface area (Å²) in [6.45, 7) is 3.35. The number of rotatable bonds is 26. The van der Waals surface area contributed by atoms with Crippen LogP contribution >= 0.6 is 0 Å². The minimum Gasteiger partial charge on any atom is -0.494 e. The molecule has 4 amide bonds. The molecule has 75 heavy (non-hydrogen) atoms. The van der Waals surface area contributed by atoms with E-state index >= 15 is 0 Å². The van der Waals surface area contributed by atoms with Gasteiger partial charge >= 0.3 is 0 Å². The van der Waals surface area contributed by atoms with Gasteiger partial charge in [0.05, 0.1) is 57.4 Å². The van der Waals surface area contributed by atoms with Gasteiger partial charge in [-0.2, -0.15) is 0 Å². The van der Waals surface area contributed by atoms with E-state index in [0.717, 1.165) is 33.1 Å². The van der Waals surface area contributed by atoms with Crippen molar-refractivity contribution in [1.29, 1.82) is 0 Å². The molecule has 0 aliphatic carbocycles. The molecule has 0 aromatic heterocycles. The van der Waals surface area contributed by atoms with Gasteiger partial charge in [0.1, 0.15) is 78.8 Å². The van der Waals surface area contributed by atoms with Crippen molar-refractivity contribution in [3.63, 3.8) is 0 Å². The molecule has 25 heteroatoms. The third kappa shape index (κ3) is 16.8. The third-order valence-electron chi connectivity index (χ3n) is 13.8. The lowest BCUT2D eigenvalue weighted by atomic mass is 9.80. The topological polar surface area (TPSA) is 372 Å². The van der Waals surface area contributed by atoms with E-state index in [9.17, 15) is 65.1 Å². The summed E-state index contributed by atoms with van der Waals surface area (Å²) < 4.78 is 47.4. The molecule has 4 fully saturated rings. The van der Waals surface area contributed by atoms with Gasteiger partial charge in [0.15, 0.2) is 18.9 Å². The van der Waals surface area contributed by atoms with Crippen LogP contribution in [-0.4, -0.2) is 226 Å². The highest BCUT2D eigenvalue weighted by molar-refractivity contribution is 5.94. The van der Waals surface area contributed by atoms with Crippen molar-refractivity contribution in [2.75, 3.05) is 40.1 Å². The lowest BCUT2D eigenvalue weighted by Gasteiger charge is -2.51. The Balaban J connectivity index is 1.31. The predicted octanol–water partition coefficient (Wildman–Crippen LogP) is -2.88. The Kier molecular flexibility index (Phi) is 24.9. The van der Waals surface area contributed by atoms with E-state index in [1.165, 1.54) is 51.8 Å². The van der Waals surface area contributed by atoms with Crippen LogP contribution in [0, 0.1) is 5.92 Å². The fourth-order valence-electron chi connectivity index (χ4n) is 9.91. The standard InChI is InChI=1S/C50H80N4O21/c1-6-7-8-9-10-11-12-13-14-19-69-29-17-15-28(16-18-29)47(66)54-38-42(63)41(62)32(21-55)72-49(38)75-46-34(23-57)73-50(39(44(46)65)53-27(4)60)74-45-33(22-56)70-31(36(43(45)64)51-25(2)58)20-30-35(24-68-5)71-48(67)37(40(30)61)52-26(3)59/h11-12,15-18,30-46,48-50,55-57,61-65,67H,6-10,13-14,19-24H2,1-5H3,(H,51,58)(H,52,59)(H,53,60)(H,54,66)/b12-11-. The summed E-state index contributed by atoms with van der Waals surface area (Å²) in [5.41, 5.74) is 0.117. The Morgan fingerprint density at radius 3 is 1.68 bits per heavy atom. The molecule has 0 spiro atoms. The van der Waals surface area contributed by atoms with Crippen LogP contribution in [0.5, 0.6) is 5.75 Å². The Hall–Kier alpha value is -4.00. The zero-order chi connectivity index (χ0) is 54.9. The monoisotopic (exact) mass is 1070 g/mol. The molecular formula is C50H80N4O21. The third-order valence-corrected chi connectivity index (χ3v) is 13.8. The first-order chi connectivity index (χ1) is 35.9. The number of hydrogen-bond acceptors (Lipinski definition) is 21. The SMILES string of the molecule is CCCCCC/C=C\CCCOc1ccc(C(=O)NC2C(OC3C(CO)OC(OC4C(CO)OC(CC5C(COC)OC(O)C(NC(C)=O)C5O)C(NC(C)=O)C4O)C(NC(C)=O)C3O)OC(CO)C(O)C2O)cc1. The van der Waals surface area contributed by atoms with Crippen LogP contribution in [0.15, 0.2) is 36.4 Å². The highest BCUT2D eigenvalue weighted by atomic mass is 16.7. The van der Waals surface area contributed by atoms with Crippen LogP contribution in [0.2, 0.25) is 0 Å². The molecule has 20 unspecified atom stereocenters. The molecule has 0 radical (unpaired) electrons. The first-order valence-electron chi connectivity index (χ1n) is 25.7. The minimum atomic E-state index is -1.90. The number of nitrogens with one attached hydrogen (secondary N) is 4. The summed E-state index contributed by atoms with van der Waals surface area (Å²) in [7, 11) is 1.36. The largest absolute Gasteiger partial charge is 0.494 e. The number of methoxy groups -OCH3 is 1. The molecule has 4 aliphatic heterocycles. The summed E-state index contributed by atoms with van der Waals surface area (Å²) in [6.07, 6.45) is -12.3. The van der Waals surface area contributed by atoms with E-state index in [4.69, 9.17) is 37.9 Å². The molecule has 20 atom stereocenters. The molecule has 13 N–H and O–H groups in total. The average Bonchev–Trinajstić information content (AvgIpc) is 3.37. The van der Waals surface area contributed by atoms with E-state index in [-0.39, 0.29) is 18.6 Å². The van der Waals surface area contributed by atoms with Crippen molar-refractivity contribution in [2.24, 2.45) is 5.92 Å². The summed E-state index contributed by atoms with van der Waals surface area (Å²) in [4.78, 5) is 51.0. The lowest BCUT2D eigenvalue weighted by molar-refractivity contribution is -0.347. The van der Waals surface area contributed by atoms with Gasteiger partial charge in [-0.3, -0.25) is 19.2 Å². The highest BCUT2D eigenvalue weighted by Gasteiger charge is 2.56. The van der Waals surface area contributed by atoms with E-state index in [1.54, 1.807) is 12.1 Å². The molecule has 1 aromatic carbocycles. The number of unbranched alkanes of at least 4 members (excludes halogenated alkanes) is 5. The van der Waals surface area contributed by atoms with Crippen LogP contribution < -0.4 is 26.0 Å². The molecule has 1 aromatic rings. The van der Waals surface area contributed by atoms with Crippen LogP contribution in [0.25, 0.3) is 0 Å². The van der Waals surface area contributed by atoms with E-state index in [2.05, 4.69) is 40.3 Å². The number of carbonyl (C=O) groups excluding carboxylic acids is 4. The second-order valence-corrected chi connectivity index (χ2v) is 19.4. The molecule has 0 saturated carbocycles. The van der Waals surface area contributed by atoms with E-state index < -0.39 is 166 Å². The summed E-state index contributed by atoms with van der Waals surface area (Å²) in [6, 6.07) is 0.296. The molecule has 4 heterocycles. The maximum absolute atomic E-state index is 13.7. The van der Waals surface area contributed by atoms with Crippen LogP contribution in [0.3, 0.4) is 0 Å². The fraction of sp³-hybridized carbons (Fsp3) is 0.760. The maximum Gasteiger partial charge on any atom is 0.251 e. The fourth-order valence-corrected chi connectivity index (χ4v) is 9.91. The number of hydrogen-bond donors (Lipinski definition) is 13. The van der Waals surface area contributed by atoms with Crippen molar-refractivity contribution in [3.05, 3.63) is 42.0 Å². The van der Waals surface area contributed by atoms with Crippen molar-refractivity contribution in [1.82, 2.24) is 21.3 Å². The smallest absolute Gasteiger partial charge is 0.251 e. The first kappa shape index (κ1) is 61.8. The lowest BCUT2D eigenvalue weighted by Crippen LogP contribution is -2.71. The molecule has 25 nitrogen and oxygen atoms in total. The van der Waals surface area contributed by atoms with Gasteiger partial charge < -0.3 is 105 Å². The van der Waals surface area contributed by atoms with Gasteiger partial charge in [-0.05, 0) is 56.4 Å². The Morgan fingerprint density at radius 1 is 0.573 bits per heavy atom. The molecule has 5 rings (SSSR count). The van der Waals surface area contributed by atoms with Gasteiger partial charge in [-0.25, -0.2) is 0 Å². The van der Waals surface area contributed by atoms with Gasteiger partial charge in [-0.1, -0.05) is 38.3 Å². The number of ether oxygens (including phenoxy) is 8. The number of carbonyl (C=O) groups is 4. The molecular weight excluding hydrogens is 993 g/mol. The Morgan fingerprint density at radius 2 is 1.11 bits per heavy atom. The molecule has 0 bridgehead atoms. The normalized spacial score (nSPS) is 36.1. The van der Waals surface area contributed by atoms with Gasteiger partial charge in [-0.15, -0.1) is 0 Å². The quantitative estimate of drug-likeness (QED) is 0.0327. The molecule has 426 valence electrons. The summed E-state index contributed by atoms with van der Waals surface area (Å²) in [5, 5.41) is 110. The number of allylic oxidation sites excluding steroid dienone is 2. The first-order valence-corrected chi connectivity index (χ1v) is 25.7. The minimum absolute atomic E-state index is 0.117. The average molecular weight is 1070 g/mol. The predicted molar refractivity (Wildman–Crippen MR) is 261 cm³/mol. The Labute approximate surface area is 436 Å². The maximum atomic E-state index is 13.7. The van der Waals surface area contributed by atoms with Gasteiger partial charge in [0.25, 0.3) is 5.91 Å². The van der Waals surface area contributed by atoms with E-state index in [0.29, 0.717) is 12.4 Å². The second-order valence-electron chi connectivity index (χ2n) is 19.4. The van der Waals surface area contributed by atoms with Crippen LogP contribution in [0.4, 0.5) is 0 Å². The highest BCUT2D eigenvalue weighted by Crippen LogP contribution is 2.37. The van der Waals surface area contributed by atoms with Crippen molar-refractivity contribution >= 4 is 23.6 Å². The van der Waals surface area contributed by atoms with Crippen LogP contribution in [-0.2, 0) is 47.5 Å².